The summed E-state index contributed by atoms with van der Waals surface area (Å²) in [5.41, 5.74) is -2.47. The summed E-state index contributed by atoms with van der Waals surface area (Å²) in [5.74, 6) is 0. The summed E-state index contributed by atoms with van der Waals surface area (Å²) in [4.78, 5) is 7.48. The molecule has 0 aliphatic carbocycles. The minimum Gasteiger partial charge on any atom is -1.00 e. The van der Waals surface area contributed by atoms with Crippen LogP contribution in [-0.4, -0.2) is 23.0 Å². The fourth-order valence-corrected chi connectivity index (χ4v) is 0.246. The van der Waals surface area contributed by atoms with Crippen molar-refractivity contribution in [3.8, 4) is 18.2 Å². The van der Waals surface area contributed by atoms with Gasteiger partial charge in [0.05, 0.1) is 0 Å². The predicted octanol–water partition coefficient (Wildman–Crippen LogP) is -4.67. The van der Waals surface area contributed by atoms with E-state index in [4.69, 9.17) is 25.8 Å². The maximum Gasteiger partial charge on any atom is 1.00 e. The van der Waals surface area contributed by atoms with Gasteiger partial charge in [-0.25, -0.2) is 4.81 Å². The Morgan fingerprint density at radius 2 is 1.54 bits per heavy atom. The van der Waals surface area contributed by atoms with Gasteiger partial charge in [-0.1, -0.05) is 0 Å². The van der Waals surface area contributed by atoms with E-state index in [1.54, 1.807) is 0 Å². The van der Waals surface area contributed by atoms with Gasteiger partial charge in [0.25, 0.3) is 0 Å². The van der Waals surface area contributed by atoms with Crippen molar-refractivity contribution in [3.05, 3.63) is 0 Å². The monoisotopic (exact) mass is 207 g/mol. The van der Waals surface area contributed by atoms with Crippen LogP contribution in [0.5, 0.6) is 0 Å². The van der Waals surface area contributed by atoms with E-state index >= 15 is 0 Å². The maximum absolute atomic E-state index is 8.23. The average molecular weight is 207 g/mol. The van der Waals surface area contributed by atoms with E-state index in [1.807, 2.05) is 0 Å². The van der Waals surface area contributed by atoms with Gasteiger partial charge in [0.15, 0.2) is 0 Å². The van der Waals surface area contributed by atoms with Crippen LogP contribution in [-0.2, 0) is 9.69 Å². The zero-order chi connectivity index (χ0) is 9.61. The summed E-state index contributed by atoms with van der Waals surface area (Å²) in [6, 6.07) is 3.54. The summed E-state index contributed by atoms with van der Waals surface area (Å²) in [7, 11) is -2.31. The molecule has 0 heterocycles. The Labute approximate surface area is 118 Å². The van der Waals surface area contributed by atoms with Crippen LogP contribution in [0.25, 0.3) is 0 Å². The molecule has 62 valence electrons. The topological polar surface area (TPSA) is 130 Å². The molecule has 0 aromatic heterocycles. The number of rotatable bonds is 3. The van der Waals surface area contributed by atoms with E-state index in [0.29, 0.717) is 0 Å². The van der Waals surface area contributed by atoms with Crippen LogP contribution in [0.15, 0.2) is 0 Å². The molecule has 0 aromatic carbocycles. The van der Waals surface area contributed by atoms with Crippen molar-refractivity contribution in [2.24, 2.45) is 0 Å². The first-order chi connectivity index (χ1) is 5.60. The second kappa shape index (κ2) is 7.42. The first kappa shape index (κ1) is 15.5. The average Bonchev–Trinajstić information content (AvgIpc) is 2.08. The summed E-state index contributed by atoms with van der Waals surface area (Å²) >= 11 is 0. The van der Waals surface area contributed by atoms with Crippen LogP contribution in [0, 0.1) is 34.0 Å². The summed E-state index contributed by atoms with van der Waals surface area (Å²) in [6.07, 6.45) is 0. The quantitative estimate of drug-likeness (QED) is 0.270. The first-order valence-electron chi connectivity index (χ1n) is 2.54. The van der Waals surface area contributed by atoms with Crippen molar-refractivity contribution in [3.63, 3.8) is 0 Å². The molecule has 0 unspecified atom stereocenters. The van der Waals surface area contributed by atoms with E-state index in [9.17, 15) is 0 Å². The second-order valence-corrected chi connectivity index (χ2v) is 1.52. The van der Waals surface area contributed by atoms with Crippen LogP contribution < -0.4 is 51.4 Å². The maximum atomic E-state index is 8.23. The normalized spacial score (nSPS) is 8.54. The molecular formula is C4H3BKN3O4. The van der Waals surface area contributed by atoms with Gasteiger partial charge in [-0.3, -0.25) is 0 Å². The minimum absolute atomic E-state index is 0. The molecule has 0 saturated heterocycles. The molecule has 0 bridgehead atoms. The fourth-order valence-electron chi connectivity index (χ4n) is 0.246. The number of hydrogen-bond donors (Lipinski definition) is 2. The Morgan fingerprint density at radius 1 is 1.15 bits per heavy atom. The minimum atomic E-state index is -2.47. The van der Waals surface area contributed by atoms with E-state index in [2.05, 4.69) is 9.69 Å². The third-order valence-corrected chi connectivity index (χ3v) is 0.732. The number of nitrogens with zero attached hydrogens (tertiary/aromatic N) is 3. The molecule has 13 heavy (non-hydrogen) atoms. The molecule has 0 rings (SSSR count). The van der Waals surface area contributed by atoms with E-state index in [-0.39, 0.29) is 52.8 Å². The molecule has 0 aromatic rings. The molecule has 0 fully saturated rings. The van der Waals surface area contributed by atoms with Crippen LogP contribution in [0.3, 0.4) is 0 Å². The van der Waals surface area contributed by atoms with Crippen LogP contribution in [0.4, 0.5) is 0 Å². The van der Waals surface area contributed by atoms with Crippen LogP contribution in [0.1, 0.15) is 1.43 Å². The molecule has 0 saturated carbocycles. The number of nitriles is 3. The van der Waals surface area contributed by atoms with Crippen LogP contribution in [0.2, 0.25) is 0 Å². The molecule has 0 aliphatic rings. The Kier molecular flexibility index (Phi) is 8.83. The van der Waals surface area contributed by atoms with Gasteiger partial charge in [0.2, 0.25) is 0 Å². The van der Waals surface area contributed by atoms with Crippen molar-refractivity contribution in [1.82, 2.24) is 0 Å². The van der Waals surface area contributed by atoms with Gasteiger partial charge in [-0.2, -0.15) is 20.7 Å². The SMILES string of the molecule is N#CC(C#N)(C#N)OOB(O)O.[H-].[K+]. The Hall–Kier alpha value is 0.0113. The van der Waals surface area contributed by atoms with E-state index in [0.717, 1.165) is 0 Å². The Morgan fingerprint density at radius 3 is 1.77 bits per heavy atom. The summed E-state index contributed by atoms with van der Waals surface area (Å²) in [6.45, 7) is 0. The van der Waals surface area contributed by atoms with E-state index in [1.165, 1.54) is 18.2 Å². The molecule has 9 heteroatoms. The van der Waals surface area contributed by atoms with E-state index < -0.39 is 12.9 Å². The van der Waals surface area contributed by atoms with Gasteiger partial charge < -0.3 is 11.5 Å². The Bertz CT molecular complexity index is 246. The summed E-state index contributed by atoms with van der Waals surface area (Å²) < 4.78 is 0. The summed E-state index contributed by atoms with van der Waals surface area (Å²) in [5, 5.41) is 40.8. The van der Waals surface area contributed by atoms with Gasteiger partial charge in [-0.05, 0) is 0 Å². The van der Waals surface area contributed by atoms with Crippen LogP contribution >= 0.6 is 0 Å². The van der Waals surface area contributed by atoms with Gasteiger partial charge in [0, 0.05) is 0 Å². The fraction of sp³-hybridized carbons (Fsp3) is 0.250. The van der Waals surface area contributed by atoms with Crippen molar-refractivity contribution in [2.45, 2.75) is 5.60 Å². The second-order valence-electron chi connectivity index (χ2n) is 1.52. The molecule has 0 amide bonds. The molecule has 0 spiro atoms. The number of hydrogen-bond acceptors (Lipinski definition) is 7. The van der Waals surface area contributed by atoms with Crippen molar-refractivity contribution in [2.75, 3.05) is 0 Å². The molecule has 0 atom stereocenters. The molecular weight excluding hydrogens is 204 g/mol. The standard InChI is InChI=1S/C4H2BN3O4.K.H/c6-1-4(2-7,3-8)11-12-5(9)10;;/h9-10H;;/q;+1;-1. The van der Waals surface area contributed by atoms with Gasteiger partial charge in [-0.15, -0.1) is 0 Å². The third kappa shape index (κ3) is 5.34. The molecule has 0 radical (unpaired) electrons. The molecule has 2 N–H and O–H groups in total. The van der Waals surface area contributed by atoms with Crippen molar-refractivity contribution >= 4 is 7.32 Å². The van der Waals surface area contributed by atoms with Crippen molar-refractivity contribution in [1.29, 1.82) is 15.8 Å². The van der Waals surface area contributed by atoms with Gasteiger partial charge >= 0.3 is 64.3 Å². The zero-order valence-corrected chi connectivity index (χ0v) is 9.75. The first-order valence-corrected chi connectivity index (χ1v) is 2.54. The smallest absolute Gasteiger partial charge is 1.00 e. The third-order valence-electron chi connectivity index (χ3n) is 0.732. The zero-order valence-electron chi connectivity index (χ0n) is 7.63. The van der Waals surface area contributed by atoms with Crippen molar-refractivity contribution < 1.29 is 72.6 Å². The van der Waals surface area contributed by atoms with Gasteiger partial charge in [0.1, 0.15) is 18.2 Å². The molecule has 0 aliphatic heterocycles. The predicted molar refractivity (Wildman–Crippen MR) is 33.0 cm³/mol. The largest absolute Gasteiger partial charge is 1.00 e. The Balaban J connectivity index is -0.000000605. The molecule has 7 nitrogen and oxygen atoms in total.